The zero-order chi connectivity index (χ0) is 12.0. The van der Waals surface area contributed by atoms with Crippen LogP contribution in [-0.2, 0) is 19.1 Å². The van der Waals surface area contributed by atoms with Crippen LogP contribution in [0.25, 0.3) is 0 Å². The molecule has 0 aliphatic heterocycles. The molecule has 88 valence electrons. The molecule has 0 saturated carbocycles. The minimum atomic E-state index is -1.27. The molecule has 0 rings (SSSR count). The third kappa shape index (κ3) is 7.06. The quantitative estimate of drug-likeness (QED) is 0.576. The summed E-state index contributed by atoms with van der Waals surface area (Å²) in [6, 6.07) is 0. The van der Waals surface area contributed by atoms with Gasteiger partial charge in [-0.1, -0.05) is 46.4 Å². The summed E-state index contributed by atoms with van der Waals surface area (Å²) in [5.74, 6) is -1.62. The predicted molar refractivity (Wildman–Crippen MR) is 57.5 cm³/mol. The van der Waals surface area contributed by atoms with Crippen LogP contribution in [0.15, 0.2) is 0 Å². The monoisotopic (exact) mass is 296 g/mol. The lowest BCUT2D eigenvalue weighted by Gasteiger charge is -2.13. The fraction of sp³-hybridized carbons (Fsp3) is 0.714. The predicted octanol–water partition coefficient (Wildman–Crippen LogP) is 2.07. The van der Waals surface area contributed by atoms with Gasteiger partial charge in [-0.2, -0.15) is 0 Å². The summed E-state index contributed by atoms with van der Waals surface area (Å²) < 4.78 is 9.26. The molecule has 0 aliphatic rings. The Balaban J connectivity index is 3.80. The number of carbonyl (C=O) groups excluding carboxylic acids is 2. The van der Waals surface area contributed by atoms with Crippen molar-refractivity contribution < 1.29 is 19.1 Å². The largest absolute Gasteiger partial charge is 0.460 e. The fourth-order valence-corrected chi connectivity index (χ4v) is 0.775. The maximum atomic E-state index is 10.9. The van der Waals surface area contributed by atoms with Gasteiger partial charge >= 0.3 is 11.9 Å². The summed E-state index contributed by atoms with van der Waals surface area (Å²) >= 11 is 20.9. The minimum absolute atomic E-state index is 0.166. The second-order valence-electron chi connectivity index (χ2n) is 2.48. The molecule has 0 spiro atoms. The smallest absolute Gasteiger partial charge is 0.339 e. The molecular weight excluding hydrogens is 290 g/mol. The number of ether oxygens (including phenoxy) is 2. The topological polar surface area (TPSA) is 52.6 Å². The van der Waals surface area contributed by atoms with E-state index in [1.165, 1.54) is 6.92 Å². The van der Waals surface area contributed by atoms with Crippen molar-refractivity contribution in [2.75, 3.05) is 6.61 Å². The van der Waals surface area contributed by atoms with Crippen LogP contribution < -0.4 is 0 Å². The first kappa shape index (κ1) is 15.1. The van der Waals surface area contributed by atoms with E-state index in [-0.39, 0.29) is 6.61 Å². The van der Waals surface area contributed by atoms with E-state index < -0.39 is 27.7 Å². The number of alkyl halides is 4. The SMILES string of the molecule is CC(COC(=O)C(Cl)Cl)OC(=O)C(Cl)Cl. The van der Waals surface area contributed by atoms with E-state index in [2.05, 4.69) is 9.47 Å². The molecule has 15 heavy (non-hydrogen) atoms. The minimum Gasteiger partial charge on any atom is -0.460 e. The van der Waals surface area contributed by atoms with Crippen LogP contribution in [0, 0.1) is 0 Å². The Bertz CT molecular complexity index is 231. The van der Waals surface area contributed by atoms with E-state index in [0.29, 0.717) is 0 Å². The number of hydrogen-bond donors (Lipinski definition) is 0. The summed E-state index contributed by atoms with van der Waals surface area (Å²) in [5, 5.41) is 0. The van der Waals surface area contributed by atoms with Crippen molar-refractivity contribution in [3.05, 3.63) is 0 Å². The lowest BCUT2D eigenvalue weighted by Crippen LogP contribution is -2.26. The Labute approximate surface area is 107 Å². The number of rotatable bonds is 5. The van der Waals surface area contributed by atoms with Gasteiger partial charge in [0.1, 0.15) is 12.7 Å². The van der Waals surface area contributed by atoms with Crippen molar-refractivity contribution in [3.63, 3.8) is 0 Å². The highest BCUT2D eigenvalue weighted by Gasteiger charge is 2.19. The summed E-state index contributed by atoms with van der Waals surface area (Å²) in [7, 11) is 0. The molecule has 0 saturated heterocycles. The van der Waals surface area contributed by atoms with Crippen molar-refractivity contribution >= 4 is 58.3 Å². The van der Waals surface area contributed by atoms with Gasteiger partial charge in [-0.05, 0) is 6.92 Å². The normalized spacial score (nSPS) is 12.7. The highest BCUT2D eigenvalue weighted by atomic mass is 35.5. The fourth-order valence-electron chi connectivity index (χ4n) is 0.546. The van der Waals surface area contributed by atoms with E-state index in [4.69, 9.17) is 46.4 Å². The third-order valence-corrected chi connectivity index (χ3v) is 1.85. The molecule has 0 N–H and O–H groups in total. The third-order valence-electron chi connectivity index (χ3n) is 1.13. The second-order valence-corrected chi connectivity index (χ2v) is 4.67. The number of esters is 2. The first-order chi connectivity index (χ1) is 6.84. The molecule has 0 amide bonds. The lowest BCUT2D eigenvalue weighted by molar-refractivity contribution is -0.155. The van der Waals surface area contributed by atoms with Crippen molar-refractivity contribution in [2.24, 2.45) is 0 Å². The Morgan fingerprint density at radius 2 is 1.53 bits per heavy atom. The van der Waals surface area contributed by atoms with Gasteiger partial charge in [0.25, 0.3) is 0 Å². The molecule has 1 unspecified atom stereocenters. The van der Waals surface area contributed by atoms with Gasteiger partial charge in [-0.15, -0.1) is 0 Å². The molecule has 0 aromatic carbocycles. The van der Waals surface area contributed by atoms with Gasteiger partial charge in [0.05, 0.1) is 0 Å². The van der Waals surface area contributed by atoms with Crippen LogP contribution in [0.4, 0.5) is 0 Å². The summed E-state index contributed by atoms with van der Waals surface area (Å²) in [6.45, 7) is 1.33. The van der Waals surface area contributed by atoms with Crippen LogP contribution in [-0.4, -0.2) is 34.3 Å². The maximum Gasteiger partial charge on any atom is 0.339 e. The van der Waals surface area contributed by atoms with E-state index >= 15 is 0 Å². The van der Waals surface area contributed by atoms with Gasteiger partial charge < -0.3 is 9.47 Å². The standard InChI is InChI=1S/C7H8Cl4O4/c1-3(15-7(13)5(10)11)2-14-6(12)4(8)9/h3-5H,2H2,1H3. The molecule has 0 heterocycles. The van der Waals surface area contributed by atoms with Crippen LogP contribution >= 0.6 is 46.4 Å². The van der Waals surface area contributed by atoms with E-state index in [1.807, 2.05) is 0 Å². The van der Waals surface area contributed by atoms with Crippen molar-refractivity contribution in [3.8, 4) is 0 Å². The highest BCUT2D eigenvalue weighted by molar-refractivity contribution is 6.53. The molecule has 0 radical (unpaired) electrons. The van der Waals surface area contributed by atoms with Crippen molar-refractivity contribution in [1.29, 1.82) is 0 Å². The lowest BCUT2D eigenvalue weighted by atomic mass is 10.4. The maximum absolute atomic E-state index is 10.9. The van der Waals surface area contributed by atoms with Crippen LogP contribution in [0.1, 0.15) is 6.92 Å². The molecule has 0 fully saturated rings. The summed E-state index contributed by atoms with van der Waals surface area (Å²) in [6.07, 6.45) is -0.673. The number of hydrogen-bond acceptors (Lipinski definition) is 4. The number of halogens is 4. The summed E-state index contributed by atoms with van der Waals surface area (Å²) in [5.41, 5.74) is 0. The average molecular weight is 298 g/mol. The molecule has 0 bridgehead atoms. The second kappa shape index (κ2) is 7.39. The van der Waals surface area contributed by atoms with E-state index in [1.54, 1.807) is 0 Å². The van der Waals surface area contributed by atoms with Crippen molar-refractivity contribution in [2.45, 2.75) is 22.7 Å². The molecule has 0 aromatic rings. The molecule has 8 heteroatoms. The Morgan fingerprint density at radius 1 is 1.07 bits per heavy atom. The van der Waals surface area contributed by atoms with Crippen LogP contribution in [0.3, 0.4) is 0 Å². The van der Waals surface area contributed by atoms with Crippen molar-refractivity contribution in [1.82, 2.24) is 0 Å². The van der Waals surface area contributed by atoms with Gasteiger partial charge in [0.2, 0.25) is 9.67 Å². The zero-order valence-electron chi connectivity index (χ0n) is 7.58. The van der Waals surface area contributed by atoms with Crippen LogP contribution in [0.5, 0.6) is 0 Å². The van der Waals surface area contributed by atoms with Gasteiger partial charge in [0, 0.05) is 0 Å². The molecule has 0 aliphatic carbocycles. The Morgan fingerprint density at radius 3 is 1.93 bits per heavy atom. The van der Waals surface area contributed by atoms with Gasteiger partial charge in [-0.25, -0.2) is 9.59 Å². The van der Waals surface area contributed by atoms with Crippen LogP contribution in [0.2, 0.25) is 0 Å². The Hall–Kier alpha value is 0.1000. The van der Waals surface area contributed by atoms with E-state index in [0.717, 1.165) is 0 Å². The molecule has 0 aromatic heterocycles. The molecule has 1 atom stereocenters. The van der Waals surface area contributed by atoms with Gasteiger partial charge in [0.15, 0.2) is 0 Å². The number of carbonyl (C=O) groups is 2. The first-order valence-electron chi connectivity index (χ1n) is 3.78. The average Bonchev–Trinajstić information content (AvgIpc) is 2.13. The Kier molecular flexibility index (Phi) is 7.44. The molecular formula is C7H8Cl4O4. The molecule has 4 nitrogen and oxygen atoms in total. The van der Waals surface area contributed by atoms with Gasteiger partial charge in [-0.3, -0.25) is 0 Å². The van der Waals surface area contributed by atoms with E-state index in [9.17, 15) is 9.59 Å². The zero-order valence-corrected chi connectivity index (χ0v) is 10.6. The first-order valence-corrected chi connectivity index (χ1v) is 5.52. The summed E-state index contributed by atoms with van der Waals surface area (Å²) in [4.78, 5) is 19.1. The highest BCUT2D eigenvalue weighted by Crippen LogP contribution is 2.08.